The number of aliphatic hydroxyl groups is 1. The lowest BCUT2D eigenvalue weighted by Gasteiger charge is -2.33. The molecule has 1 N–H and O–H groups in total. The van der Waals surface area contributed by atoms with Crippen LogP contribution in [0.1, 0.15) is 32.5 Å². The van der Waals surface area contributed by atoms with Gasteiger partial charge in [0.25, 0.3) is 5.89 Å². The normalized spacial score (nSPS) is 19.7. The van der Waals surface area contributed by atoms with Gasteiger partial charge in [-0.15, -0.1) is 0 Å². The number of nitrogens with zero attached hydrogens (tertiary/aromatic N) is 3. The highest BCUT2D eigenvalue weighted by atomic mass is 35.5. The lowest BCUT2D eigenvalue weighted by molar-refractivity contribution is -0.00592. The quantitative estimate of drug-likeness (QED) is 0.937. The predicted molar refractivity (Wildman–Crippen MR) is 84.5 cm³/mol. The predicted octanol–water partition coefficient (Wildman–Crippen LogP) is 3.13. The molecule has 1 aliphatic rings. The topological polar surface area (TPSA) is 62.4 Å². The zero-order valence-electron chi connectivity index (χ0n) is 12.8. The summed E-state index contributed by atoms with van der Waals surface area (Å²) in [5.74, 6) is 1.10. The van der Waals surface area contributed by atoms with E-state index in [1.165, 1.54) is 0 Å². The molecule has 1 fully saturated rings. The van der Waals surface area contributed by atoms with Gasteiger partial charge in [-0.05, 0) is 51.4 Å². The van der Waals surface area contributed by atoms with E-state index in [0.29, 0.717) is 23.3 Å². The van der Waals surface area contributed by atoms with Crippen molar-refractivity contribution in [3.8, 4) is 11.5 Å². The van der Waals surface area contributed by atoms with Crippen LogP contribution in [0.4, 0.5) is 0 Å². The molecule has 1 atom stereocenters. The Kier molecular flexibility index (Phi) is 4.21. The zero-order valence-corrected chi connectivity index (χ0v) is 13.5. The second-order valence-electron chi connectivity index (χ2n) is 6.31. The number of benzene rings is 1. The van der Waals surface area contributed by atoms with Crippen LogP contribution in [-0.4, -0.2) is 38.3 Å². The Bertz CT molecular complexity index is 651. The van der Waals surface area contributed by atoms with E-state index in [2.05, 4.69) is 15.0 Å². The van der Waals surface area contributed by atoms with Gasteiger partial charge < -0.3 is 9.63 Å². The van der Waals surface area contributed by atoms with E-state index in [4.69, 9.17) is 16.1 Å². The smallest absolute Gasteiger partial charge is 0.258 e. The first kappa shape index (κ1) is 15.5. The summed E-state index contributed by atoms with van der Waals surface area (Å²) >= 11 is 5.98. The van der Waals surface area contributed by atoms with E-state index in [0.717, 1.165) is 24.9 Å². The number of hydrogen-bond donors (Lipinski definition) is 1. The molecule has 2 aromatic rings. The second-order valence-corrected chi connectivity index (χ2v) is 6.74. The zero-order chi connectivity index (χ0) is 15.7. The standard InChI is InChI=1S/C16H20ClN3O2/c1-16(2,21)13-7-4-8-20(13)10-14-18-15(22-19-14)11-5-3-6-12(17)9-11/h3,5-6,9,13,21H,4,7-8,10H2,1-2H3. The molecule has 1 aromatic carbocycles. The molecule has 2 heterocycles. The first-order valence-electron chi connectivity index (χ1n) is 7.48. The van der Waals surface area contributed by atoms with Crippen LogP contribution in [0, 0.1) is 0 Å². The van der Waals surface area contributed by atoms with Crippen molar-refractivity contribution in [2.75, 3.05) is 6.54 Å². The fourth-order valence-electron chi connectivity index (χ4n) is 3.05. The minimum absolute atomic E-state index is 0.126. The fourth-order valence-corrected chi connectivity index (χ4v) is 3.24. The Labute approximate surface area is 134 Å². The molecule has 0 aliphatic carbocycles. The van der Waals surface area contributed by atoms with Gasteiger partial charge in [-0.2, -0.15) is 4.98 Å². The number of hydrogen-bond acceptors (Lipinski definition) is 5. The average molecular weight is 322 g/mol. The van der Waals surface area contributed by atoms with Gasteiger partial charge >= 0.3 is 0 Å². The molecule has 1 aromatic heterocycles. The van der Waals surface area contributed by atoms with E-state index in [1.807, 2.05) is 26.0 Å². The highest BCUT2D eigenvalue weighted by Gasteiger charge is 2.36. The second kappa shape index (κ2) is 5.99. The van der Waals surface area contributed by atoms with Crippen molar-refractivity contribution in [1.82, 2.24) is 15.0 Å². The van der Waals surface area contributed by atoms with Gasteiger partial charge in [0.2, 0.25) is 0 Å². The molecule has 1 aliphatic heterocycles. The molecule has 5 nitrogen and oxygen atoms in total. The summed E-state index contributed by atoms with van der Waals surface area (Å²) in [5, 5.41) is 14.9. The van der Waals surface area contributed by atoms with Crippen molar-refractivity contribution in [1.29, 1.82) is 0 Å². The molecule has 22 heavy (non-hydrogen) atoms. The summed E-state index contributed by atoms with van der Waals surface area (Å²) in [6, 6.07) is 7.47. The van der Waals surface area contributed by atoms with Crippen molar-refractivity contribution >= 4 is 11.6 Å². The van der Waals surface area contributed by atoms with Crippen LogP contribution in [0.5, 0.6) is 0 Å². The van der Waals surface area contributed by atoms with Crippen molar-refractivity contribution < 1.29 is 9.63 Å². The van der Waals surface area contributed by atoms with Gasteiger partial charge in [-0.25, -0.2) is 0 Å². The Balaban J connectivity index is 1.75. The largest absolute Gasteiger partial charge is 0.389 e. The third-order valence-corrected chi connectivity index (χ3v) is 4.30. The van der Waals surface area contributed by atoms with E-state index < -0.39 is 5.60 Å². The number of aromatic nitrogens is 2. The molecule has 0 radical (unpaired) electrons. The molecular weight excluding hydrogens is 302 g/mol. The highest BCUT2D eigenvalue weighted by Crippen LogP contribution is 2.28. The van der Waals surface area contributed by atoms with Gasteiger partial charge in [0.05, 0.1) is 12.1 Å². The Morgan fingerprint density at radius 2 is 2.27 bits per heavy atom. The SMILES string of the molecule is CC(C)(O)C1CCCN1Cc1noc(-c2cccc(Cl)c2)n1. The average Bonchev–Trinajstić information content (AvgIpc) is 3.08. The van der Waals surface area contributed by atoms with Crippen LogP contribution in [0.25, 0.3) is 11.5 Å². The maximum absolute atomic E-state index is 10.3. The van der Waals surface area contributed by atoms with Gasteiger partial charge in [0.15, 0.2) is 5.82 Å². The van der Waals surface area contributed by atoms with Crippen LogP contribution in [0.15, 0.2) is 28.8 Å². The molecule has 118 valence electrons. The molecule has 0 bridgehead atoms. The Morgan fingerprint density at radius 1 is 1.45 bits per heavy atom. The minimum atomic E-state index is -0.726. The lowest BCUT2D eigenvalue weighted by Crippen LogP contribution is -2.45. The number of likely N-dealkylation sites (tertiary alicyclic amines) is 1. The van der Waals surface area contributed by atoms with Crippen LogP contribution >= 0.6 is 11.6 Å². The maximum Gasteiger partial charge on any atom is 0.258 e. The van der Waals surface area contributed by atoms with E-state index >= 15 is 0 Å². The fraction of sp³-hybridized carbons (Fsp3) is 0.500. The summed E-state index contributed by atoms with van der Waals surface area (Å²) < 4.78 is 5.33. The molecule has 0 amide bonds. The monoisotopic (exact) mass is 321 g/mol. The lowest BCUT2D eigenvalue weighted by atomic mass is 9.97. The van der Waals surface area contributed by atoms with Crippen LogP contribution in [0.3, 0.4) is 0 Å². The molecule has 1 saturated heterocycles. The first-order valence-corrected chi connectivity index (χ1v) is 7.86. The first-order chi connectivity index (χ1) is 10.4. The number of rotatable bonds is 4. The summed E-state index contributed by atoms with van der Waals surface area (Å²) in [4.78, 5) is 6.66. The summed E-state index contributed by atoms with van der Waals surface area (Å²) in [7, 11) is 0. The van der Waals surface area contributed by atoms with Gasteiger partial charge in [0, 0.05) is 16.6 Å². The highest BCUT2D eigenvalue weighted by molar-refractivity contribution is 6.30. The number of halogens is 1. The molecule has 3 rings (SSSR count). The molecule has 0 spiro atoms. The summed E-state index contributed by atoms with van der Waals surface area (Å²) in [6.45, 7) is 5.22. The molecular formula is C16H20ClN3O2. The van der Waals surface area contributed by atoms with Gasteiger partial charge in [0.1, 0.15) is 0 Å². The van der Waals surface area contributed by atoms with Crippen molar-refractivity contribution in [2.24, 2.45) is 0 Å². The summed E-state index contributed by atoms with van der Waals surface area (Å²) in [6.07, 6.45) is 2.07. The van der Waals surface area contributed by atoms with Crippen LogP contribution in [0.2, 0.25) is 5.02 Å². The Morgan fingerprint density at radius 3 is 3.00 bits per heavy atom. The van der Waals surface area contributed by atoms with Gasteiger partial charge in [-0.3, -0.25) is 4.90 Å². The minimum Gasteiger partial charge on any atom is -0.389 e. The van der Waals surface area contributed by atoms with Crippen molar-refractivity contribution in [3.05, 3.63) is 35.1 Å². The summed E-state index contributed by atoms with van der Waals surface area (Å²) in [5.41, 5.74) is 0.0856. The third-order valence-electron chi connectivity index (χ3n) is 4.06. The molecule has 1 unspecified atom stereocenters. The maximum atomic E-state index is 10.3. The van der Waals surface area contributed by atoms with Gasteiger partial charge in [-0.1, -0.05) is 22.8 Å². The van der Waals surface area contributed by atoms with Crippen molar-refractivity contribution in [3.63, 3.8) is 0 Å². The van der Waals surface area contributed by atoms with E-state index in [1.54, 1.807) is 12.1 Å². The Hall–Kier alpha value is -1.43. The van der Waals surface area contributed by atoms with E-state index in [9.17, 15) is 5.11 Å². The van der Waals surface area contributed by atoms with E-state index in [-0.39, 0.29) is 6.04 Å². The molecule has 0 saturated carbocycles. The van der Waals surface area contributed by atoms with Crippen LogP contribution in [-0.2, 0) is 6.54 Å². The van der Waals surface area contributed by atoms with Crippen LogP contribution < -0.4 is 0 Å². The molecule has 6 heteroatoms. The van der Waals surface area contributed by atoms with Crippen molar-refractivity contribution in [2.45, 2.75) is 44.9 Å². The third kappa shape index (κ3) is 3.32.